The summed E-state index contributed by atoms with van der Waals surface area (Å²) in [5.74, 6) is 0. The van der Waals surface area contributed by atoms with E-state index in [0.717, 1.165) is 18.5 Å². The summed E-state index contributed by atoms with van der Waals surface area (Å²) in [5, 5.41) is 0. The van der Waals surface area contributed by atoms with E-state index in [1.165, 1.54) is 0 Å². The molecular formula is C9H15AuClP+. The zero-order chi connectivity index (χ0) is 8.74. The van der Waals surface area contributed by atoms with Crippen LogP contribution >= 0.6 is 17.9 Å². The first-order valence-corrected chi connectivity index (χ1v) is 6.82. The molecule has 1 radical (unpaired) electrons. The molecule has 0 saturated heterocycles. The summed E-state index contributed by atoms with van der Waals surface area (Å²) in [6, 6.07) is 0. The van der Waals surface area contributed by atoms with Gasteiger partial charge in [0.05, 0.1) is 29.7 Å². The third kappa shape index (κ3) is 6.22. The summed E-state index contributed by atoms with van der Waals surface area (Å²) >= 11 is 6.34. The zero-order valence-corrected chi connectivity index (χ0v) is 10.9. The van der Waals surface area contributed by atoms with Gasteiger partial charge in [-0.2, -0.15) is 0 Å². The number of halogens is 1. The third-order valence-electron chi connectivity index (χ3n) is 1.37. The van der Waals surface area contributed by atoms with E-state index in [1.54, 1.807) is 0 Å². The minimum Gasteiger partial charge on any atom is -0.0994 e. The summed E-state index contributed by atoms with van der Waals surface area (Å²) in [6.07, 6.45) is 8.38. The van der Waals surface area contributed by atoms with Crippen LogP contribution in [0.5, 0.6) is 0 Å². The Kier molecular flexibility index (Phi) is 10.5. The predicted octanol–water partition coefficient (Wildman–Crippen LogP) is 3.71. The van der Waals surface area contributed by atoms with Crippen molar-refractivity contribution in [2.45, 2.75) is 0 Å². The maximum atomic E-state index is 6.34. The molecule has 0 aromatic carbocycles. The summed E-state index contributed by atoms with van der Waals surface area (Å²) in [6.45, 7) is 9.70. The molecule has 73 valence electrons. The Hall–Kier alpha value is 0.680. The van der Waals surface area contributed by atoms with Crippen molar-refractivity contribution in [2.24, 2.45) is 0 Å². The molecule has 0 fully saturated rings. The first kappa shape index (κ1) is 15.2. The second kappa shape index (κ2) is 8.29. The van der Waals surface area contributed by atoms with Gasteiger partial charge in [0.2, 0.25) is 0 Å². The van der Waals surface area contributed by atoms with E-state index >= 15 is 0 Å². The van der Waals surface area contributed by atoms with Gasteiger partial charge in [0.25, 0.3) is 0 Å². The molecule has 0 amide bonds. The fourth-order valence-electron chi connectivity index (χ4n) is 0.918. The molecule has 0 N–H and O–H groups in total. The fourth-order valence-corrected chi connectivity index (χ4v) is 3.63. The molecule has 0 nitrogen and oxygen atoms in total. The Morgan fingerprint density at radius 2 is 1.17 bits per heavy atom. The van der Waals surface area contributed by atoms with Crippen molar-refractivity contribution in [3.8, 4) is 0 Å². The molecule has 0 aromatic rings. The summed E-state index contributed by atoms with van der Waals surface area (Å²) in [7, 11) is 0. The Balaban J connectivity index is 0. The van der Waals surface area contributed by atoms with E-state index in [0.29, 0.717) is 0 Å². The van der Waals surface area contributed by atoms with Gasteiger partial charge in [0, 0.05) is 22.4 Å². The van der Waals surface area contributed by atoms with Crippen LogP contribution in [0.3, 0.4) is 0 Å². The van der Waals surface area contributed by atoms with Crippen LogP contribution in [-0.2, 0) is 22.4 Å². The van der Waals surface area contributed by atoms with Crippen LogP contribution in [0.15, 0.2) is 38.0 Å². The van der Waals surface area contributed by atoms with Crippen molar-refractivity contribution >= 4 is 17.9 Å². The molecule has 0 aromatic heterocycles. The Morgan fingerprint density at radius 1 is 0.917 bits per heavy atom. The molecule has 0 aliphatic rings. The molecule has 0 atom stereocenters. The van der Waals surface area contributed by atoms with E-state index in [-0.39, 0.29) is 22.4 Å². The first-order valence-electron chi connectivity index (χ1n) is 3.57. The number of hydrogen-bond donors (Lipinski definition) is 0. The standard InChI is InChI=1S/C9H15ClP.Au/c1-4-7-11(10,8-5-2)9-6-3;/h4-6H,1-3,7-9H2;/q+1;. The minimum absolute atomic E-state index is 0. The predicted molar refractivity (Wildman–Crippen MR) is 58.0 cm³/mol. The normalized spacial score (nSPS) is 9.75. The van der Waals surface area contributed by atoms with Crippen molar-refractivity contribution < 1.29 is 22.4 Å². The van der Waals surface area contributed by atoms with Crippen molar-refractivity contribution in [3.63, 3.8) is 0 Å². The number of rotatable bonds is 6. The second-order valence-electron chi connectivity index (χ2n) is 2.44. The van der Waals surface area contributed by atoms with Gasteiger partial charge in [-0.05, 0) is 0 Å². The zero-order valence-electron chi connectivity index (χ0n) is 7.10. The SMILES string of the molecule is C=CC[P+](Cl)(CC=C)CC=C.[Au]. The maximum absolute atomic E-state index is 6.34. The van der Waals surface area contributed by atoms with Crippen LogP contribution in [0, 0.1) is 0 Å². The van der Waals surface area contributed by atoms with Gasteiger partial charge < -0.3 is 0 Å². The summed E-state index contributed by atoms with van der Waals surface area (Å²) < 4.78 is 0. The number of hydrogen-bond acceptors (Lipinski definition) is 0. The molecule has 0 unspecified atom stereocenters. The van der Waals surface area contributed by atoms with E-state index in [2.05, 4.69) is 19.7 Å². The molecule has 0 rings (SSSR count). The van der Waals surface area contributed by atoms with E-state index in [9.17, 15) is 0 Å². The topological polar surface area (TPSA) is 0 Å². The average molecular weight is 387 g/mol. The Bertz CT molecular complexity index is 130. The van der Waals surface area contributed by atoms with Crippen LogP contribution in [0.4, 0.5) is 0 Å². The average Bonchev–Trinajstić information content (AvgIpc) is 1.88. The Labute approximate surface area is 96.4 Å². The maximum Gasteiger partial charge on any atom is 0.125 e. The third-order valence-corrected chi connectivity index (χ3v) is 5.35. The van der Waals surface area contributed by atoms with Gasteiger partial charge in [-0.3, -0.25) is 0 Å². The van der Waals surface area contributed by atoms with Crippen molar-refractivity contribution in [2.75, 3.05) is 18.5 Å². The van der Waals surface area contributed by atoms with Crippen LogP contribution in [0.2, 0.25) is 0 Å². The molecule has 3 heteroatoms. The minimum atomic E-state index is -1.35. The molecule has 0 saturated carbocycles. The largest absolute Gasteiger partial charge is 0.125 e. The summed E-state index contributed by atoms with van der Waals surface area (Å²) in [4.78, 5) is 0. The molecule has 0 bridgehead atoms. The van der Waals surface area contributed by atoms with Gasteiger partial charge in [-0.15, -0.1) is 0 Å². The smallest absolute Gasteiger partial charge is 0.0994 e. The molecule has 0 aliphatic heterocycles. The monoisotopic (exact) mass is 386 g/mol. The fraction of sp³-hybridized carbons (Fsp3) is 0.333. The molecular weight excluding hydrogens is 371 g/mol. The van der Waals surface area contributed by atoms with E-state index in [1.807, 2.05) is 18.2 Å². The number of allylic oxidation sites excluding steroid dienone is 3. The van der Waals surface area contributed by atoms with Gasteiger partial charge in [0.15, 0.2) is 0 Å². The first-order chi connectivity index (χ1) is 5.18. The van der Waals surface area contributed by atoms with Gasteiger partial charge >= 0.3 is 0 Å². The van der Waals surface area contributed by atoms with Crippen LogP contribution in [0.25, 0.3) is 0 Å². The Morgan fingerprint density at radius 3 is 1.33 bits per heavy atom. The molecule has 12 heavy (non-hydrogen) atoms. The molecule has 0 heterocycles. The van der Waals surface area contributed by atoms with Crippen molar-refractivity contribution in [3.05, 3.63) is 38.0 Å². The van der Waals surface area contributed by atoms with E-state index < -0.39 is 6.62 Å². The molecule has 0 spiro atoms. The van der Waals surface area contributed by atoms with Gasteiger partial charge in [-0.25, -0.2) is 0 Å². The molecule has 0 aliphatic carbocycles. The van der Waals surface area contributed by atoms with Crippen LogP contribution < -0.4 is 0 Å². The van der Waals surface area contributed by atoms with Crippen LogP contribution in [-0.4, -0.2) is 18.5 Å². The van der Waals surface area contributed by atoms with E-state index in [4.69, 9.17) is 11.2 Å². The quantitative estimate of drug-likeness (QED) is 0.371. The second-order valence-corrected chi connectivity index (χ2v) is 7.75. The van der Waals surface area contributed by atoms with Crippen LogP contribution in [0.1, 0.15) is 0 Å². The summed E-state index contributed by atoms with van der Waals surface area (Å²) in [5.41, 5.74) is 0. The van der Waals surface area contributed by atoms with Gasteiger partial charge in [0.1, 0.15) is 6.62 Å². The van der Waals surface area contributed by atoms with Crippen molar-refractivity contribution in [1.82, 2.24) is 0 Å². The van der Waals surface area contributed by atoms with Crippen molar-refractivity contribution in [1.29, 1.82) is 0 Å². The van der Waals surface area contributed by atoms with Gasteiger partial charge in [-0.1, -0.05) is 38.0 Å².